The van der Waals surface area contributed by atoms with Crippen LogP contribution in [0.5, 0.6) is 17.2 Å². The summed E-state index contributed by atoms with van der Waals surface area (Å²) in [6, 6.07) is 24.6. The molecule has 1 heterocycles. The van der Waals surface area contributed by atoms with E-state index in [1.165, 1.54) is 17.5 Å². The molecule has 5 rings (SSSR count). The Morgan fingerprint density at radius 2 is 1.54 bits per heavy atom. The maximum atomic E-state index is 12.5. The third-order valence-electron chi connectivity index (χ3n) is 7.40. The van der Waals surface area contributed by atoms with E-state index in [1.807, 2.05) is 24.3 Å². The van der Waals surface area contributed by atoms with Gasteiger partial charge in [0.15, 0.2) is 11.5 Å². The number of benzene rings is 3. The van der Waals surface area contributed by atoms with E-state index >= 15 is 0 Å². The van der Waals surface area contributed by atoms with Crippen molar-refractivity contribution in [3.63, 3.8) is 0 Å². The molecule has 3 aromatic carbocycles. The van der Waals surface area contributed by atoms with Crippen LogP contribution in [0.2, 0.25) is 0 Å². The molecule has 6 nitrogen and oxygen atoms in total. The van der Waals surface area contributed by atoms with Crippen molar-refractivity contribution in [2.45, 2.75) is 82.7 Å². The summed E-state index contributed by atoms with van der Waals surface area (Å²) in [4.78, 5) is 12.5. The van der Waals surface area contributed by atoms with Crippen LogP contribution in [-0.4, -0.2) is 31.3 Å². The molecular formula is C33H38O6. The largest absolute Gasteiger partial charge is 0.514 e. The first-order valence-electron chi connectivity index (χ1n) is 13.9. The van der Waals surface area contributed by atoms with E-state index in [4.69, 9.17) is 23.7 Å². The van der Waals surface area contributed by atoms with Gasteiger partial charge in [0.25, 0.3) is 0 Å². The average molecular weight is 531 g/mol. The molecule has 1 aliphatic carbocycles. The lowest BCUT2D eigenvalue weighted by molar-refractivity contribution is -0.144. The number of ether oxygens (including phenoxy) is 5. The van der Waals surface area contributed by atoms with Crippen LogP contribution in [0, 0.1) is 0 Å². The normalized spacial score (nSPS) is 22.8. The second-order valence-corrected chi connectivity index (χ2v) is 11.3. The molecule has 0 radical (unpaired) electrons. The van der Waals surface area contributed by atoms with Crippen LogP contribution >= 0.6 is 0 Å². The average Bonchev–Trinajstić information content (AvgIpc) is 2.92. The lowest BCUT2D eigenvalue weighted by atomic mass is 9.81. The lowest BCUT2D eigenvalue weighted by Gasteiger charge is -2.38. The molecule has 3 aromatic rings. The molecule has 1 fully saturated rings. The Bertz CT molecular complexity index is 1250. The molecule has 0 saturated heterocycles. The minimum absolute atomic E-state index is 0.0307. The number of rotatable bonds is 6. The highest BCUT2D eigenvalue weighted by molar-refractivity contribution is 5.67. The van der Waals surface area contributed by atoms with Crippen molar-refractivity contribution in [3.8, 4) is 17.2 Å². The Hall–Kier alpha value is -3.51. The maximum absolute atomic E-state index is 12.5. The summed E-state index contributed by atoms with van der Waals surface area (Å²) in [6.07, 6.45) is 3.94. The van der Waals surface area contributed by atoms with Crippen molar-refractivity contribution in [3.05, 3.63) is 89.5 Å². The fourth-order valence-electron chi connectivity index (χ4n) is 5.66. The van der Waals surface area contributed by atoms with Crippen LogP contribution < -0.4 is 14.2 Å². The van der Waals surface area contributed by atoms with E-state index in [2.05, 4.69) is 42.5 Å². The van der Waals surface area contributed by atoms with E-state index in [0.29, 0.717) is 23.8 Å². The molecule has 6 heteroatoms. The van der Waals surface area contributed by atoms with Crippen LogP contribution in [-0.2, 0) is 9.47 Å². The molecule has 206 valence electrons. The van der Waals surface area contributed by atoms with E-state index in [-0.39, 0.29) is 17.8 Å². The molecule has 0 bridgehead atoms. The van der Waals surface area contributed by atoms with Gasteiger partial charge in [-0.2, -0.15) is 0 Å². The number of methoxy groups -OCH3 is 1. The minimum Gasteiger partial charge on any atom is -0.493 e. The summed E-state index contributed by atoms with van der Waals surface area (Å²) in [5, 5.41) is 0. The highest BCUT2D eigenvalue weighted by Crippen LogP contribution is 2.47. The zero-order chi connectivity index (χ0) is 27.4. The number of hydrogen-bond donors (Lipinski definition) is 0. The Morgan fingerprint density at radius 3 is 2.21 bits per heavy atom. The van der Waals surface area contributed by atoms with Crippen LogP contribution in [0.15, 0.2) is 72.8 Å². The highest BCUT2D eigenvalue weighted by atomic mass is 16.7. The quantitative estimate of drug-likeness (QED) is 0.238. The van der Waals surface area contributed by atoms with Gasteiger partial charge in [-0.15, -0.1) is 0 Å². The van der Waals surface area contributed by atoms with Gasteiger partial charge in [0, 0.05) is 29.9 Å². The van der Waals surface area contributed by atoms with Crippen LogP contribution in [0.1, 0.15) is 81.4 Å². The molecule has 0 unspecified atom stereocenters. The third-order valence-corrected chi connectivity index (χ3v) is 7.40. The Kier molecular flexibility index (Phi) is 8.12. The zero-order valence-corrected chi connectivity index (χ0v) is 23.2. The minimum atomic E-state index is -0.795. The molecule has 0 N–H and O–H groups in total. The Labute approximate surface area is 231 Å². The lowest BCUT2D eigenvalue weighted by Crippen LogP contribution is -2.36. The fourth-order valence-corrected chi connectivity index (χ4v) is 5.66. The van der Waals surface area contributed by atoms with Gasteiger partial charge in [0.05, 0.1) is 13.2 Å². The maximum Gasteiger partial charge on any atom is 0.514 e. The molecule has 1 saturated carbocycles. The Morgan fingerprint density at radius 1 is 0.872 bits per heavy atom. The van der Waals surface area contributed by atoms with Gasteiger partial charge in [-0.3, -0.25) is 0 Å². The van der Waals surface area contributed by atoms with E-state index in [0.717, 1.165) is 24.8 Å². The van der Waals surface area contributed by atoms with E-state index in [1.54, 1.807) is 33.9 Å². The molecule has 0 amide bonds. The fraction of sp³-hybridized carbons (Fsp3) is 0.424. The predicted molar refractivity (Wildman–Crippen MR) is 150 cm³/mol. The SMILES string of the molecule is COc1cc2c(cc1OC(=O)OC(C)(C)C)O[C@H](O[C@H]1CCCC[C@@H]1c1ccccc1)C[C@@H]2c1ccccc1. The summed E-state index contributed by atoms with van der Waals surface area (Å²) >= 11 is 0. The summed E-state index contributed by atoms with van der Waals surface area (Å²) in [7, 11) is 1.56. The van der Waals surface area contributed by atoms with E-state index in [9.17, 15) is 4.79 Å². The zero-order valence-electron chi connectivity index (χ0n) is 23.2. The van der Waals surface area contributed by atoms with Gasteiger partial charge in [-0.05, 0) is 50.8 Å². The molecule has 4 atom stereocenters. The number of carbonyl (C=O) groups is 1. The topological polar surface area (TPSA) is 63.2 Å². The van der Waals surface area contributed by atoms with Crippen molar-refractivity contribution in [1.82, 2.24) is 0 Å². The summed E-state index contributed by atoms with van der Waals surface area (Å²) < 4.78 is 29.8. The molecule has 1 aliphatic heterocycles. The standard InChI is InChI=1S/C33H38O6/c1-33(2,3)39-32(34)38-30-21-28-26(19-29(30)35-4)25(23-15-9-6-10-16-23)20-31(37-28)36-27-18-12-11-17-24(27)22-13-7-5-8-14-22/h5-10,13-16,19,21,24-25,27,31H,11-12,17-18,20H2,1-4H3/t24-,25-,27+,31+/m1/s1. The van der Waals surface area contributed by atoms with Crippen molar-refractivity contribution >= 4 is 6.16 Å². The van der Waals surface area contributed by atoms with Gasteiger partial charge < -0.3 is 23.7 Å². The number of hydrogen-bond acceptors (Lipinski definition) is 6. The Balaban J connectivity index is 1.45. The first-order valence-corrected chi connectivity index (χ1v) is 13.9. The predicted octanol–water partition coefficient (Wildman–Crippen LogP) is 7.99. The smallest absolute Gasteiger partial charge is 0.493 e. The highest BCUT2D eigenvalue weighted by Gasteiger charge is 2.36. The second-order valence-electron chi connectivity index (χ2n) is 11.3. The molecule has 0 aromatic heterocycles. The van der Waals surface area contributed by atoms with Crippen molar-refractivity contribution < 1.29 is 28.5 Å². The summed E-state index contributed by atoms with van der Waals surface area (Å²) in [6.45, 7) is 5.38. The van der Waals surface area contributed by atoms with Gasteiger partial charge >= 0.3 is 6.16 Å². The van der Waals surface area contributed by atoms with Crippen LogP contribution in [0.4, 0.5) is 4.79 Å². The van der Waals surface area contributed by atoms with Crippen molar-refractivity contribution in [2.24, 2.45) is 0 Å². The first-order chi connectivity index (χ1) is 18.8. The van der Waals surface area contributed by atoms with Crippen LogP contribution in [0.3, 0.4) is 0 Å². The number of fused-ring (bicyclic) bond motifs is 1. The molecule has 0 spiro atoms. The van der Waals surface area contributed by atoms with Gasteiger partial charge in [0.2, 0.25) is 6.29 Å². The third kappa shape index (κ3) is 6.56. The molecule has 2 aliphatic rings. The monoisotopic (exact) mass is 530 g/mol. The number of carbonyl (C=O) groups excluding carboxylic acids is 1. The second kappa shape index (κ2) is 11.7. The van der Waals surface area contributed by atoms with E-state index < -0.39 is 18.0 Å². The van der Waals surface area contributed by atoms with Crippen molar-refractivity contribution in [1.29, 1.82) is 0 Å². The first kappa shape index (κ1) is 27.1. The van der Waals surface area contributed by atoms with Crippen LogP contribution in [0.25, 0.3) is 0 Å². The van der Waals surface area contributed by atoms with Gasteiger partial charge in [-0.1, -0.05) is 73.5 Å². The molecular weight excluding hydrogens is 492 g/mol. The molecule has 39 heavy (non-hydrogen) atoms. The van der Waals surface area contributed by atoms with Crippen molar-refractivity contribution in [2.75, 3.05) is 7.11 Å². The van der Waals surface area contributed by atoms with Gasteiger partial charge in [0.1, 0.15) is 11.4 Å². The van der Waals surface area contributed by atoms with Gasteiger partial charge in [-0.25, -0.2) is 4.79 Å². The summed E-state index contributed by atoms with van der Waals surface area (Å²) in [5.41, 5.74) is 2.78. The summed E-state index contributed by atoms with van der Waals surface area (Å²) in [5.74, 6) is 1.68.